The Bertz CT molecular complexity index is 892. The van der Waals surface area contributed by atoms with Crippen LogP contribution in [0.3, 0.4) is 0 Å². The van der Waals surface area contributed by atoms with Crippen molar-refractivity contribution in [2.75, 3.05) is 11.9 Å². The summed E-state index contributed by atoms with van der Waals surface area (Å²) in [4.78, 5) is 16.6. The van der Waals surface area contributed by atoms with Crippen LogP contribution in [0.25, 0.3) is 11.3 Å². The summed E-state index contributed by atoms with van der Waals surface area (Å²) in [6.45, 7) is 2.69. The van der Waals surface area contributed by atoms with Crippen LogP contribution in [-0.2, 0) is 11.2 Å². The number of benzene rings is 2. The van der Waals surface area contributed by atoms with Crippen molar-refractivity contribution in [1.82, 2.24) is 4.98 Å². The molecule has 3 rings (SSSR count). The SMILES string of the molecule is CCCc1ccc(OCCCC(=O)Nc2nc(-c3ccc(Br)cc3)cs2)cc1. The highest BCUT2D eigenvalue weighted by Crippen LogP contribution is 2.26. The number of carbonyl (C=O) groups is 1. The Morgan fingerprint density at radius 1 is 1.14 bits per heavy atom. The van der Waals surface area contributed by atoms with E-state index in [0.717, 1.165) is 34.3 Å². The number of aromatic nitrogens is 1. The highest BCUT2D eigenvalue weighted by Gasteiger charge is 2.08. The van der Waals surface area contributed by atoms with E-state index in [2.05, 4.69) is 45.3 Å². The molecule has 0 radical (unpaired) electrons. The molecule has 6 heteroatoms. The van der Waals surface area contributed by atoms with Crippen molar-refractivity contribution in [3.63, 3.8) is 0 Å². The van der Waals surface area contributed by atoms with Crippen LogP contribution in [0.5, 0.6) is 5.75 Å². The molecule has 1 amide bonds. The topological polar surface area (TPSA) is 51.2 Å². The monoisotopic (exact) mass is 458 g/mol. The van der Waals surface area contributed by atoms with Crippen LogP contribution in [0.15, 0.2) is 58.4 Å². The minimum atomic E-state index is -0.0430. The van der Waals surface area contributed by atoms with Gasteiger partial charge < -0.3 is 10.1 Å². The van der Waals surface area contributed by atoms with Gasteiger partial charge in [0, 0.05) is 21.8 Å². The summed E-state index contributed by atoms with van der Waals surface area (Å²) in [6.07, 6.45) is 3.29. The first-order valence-corrected chi connectivity index (χ1v) is 11.0. The second-order valence-corrected chi connectivity index (χ2v) is 8.21. The van der Waals surface area contributed by atoms with Crippen molar-refractivity contribution >= 4 is 38.3 Å². The highest BCUT2D eigenvalue weighted by molar-refractivity contribution is 9.10. The predicted molar refractivity (Wildman–Crippen MR) is 119 cm³/mol. The van der Waals surface area contributed by atoms with Crippen LogP contribution in [0.2, 0.25) is 0 Å². The first kappa shape index (κ1) is 20.6. The lowest BCUT2D eigenvalue weighted by molar-refractivity contribution is -0.116. The Kier molecular flexibility index (Phi) is 7.62. The van der Waals surface area contributed by atoms with Crippen molar-refractivity contribution in [3.8, 4) is 17.0 Å². The third-order valence-electron chi connectivity index (χ3n) is 4.17. The molecule has 146 valence electrons. The number of hydrogen-bond acceptors (Lipinski definition) is 4. The molecule has 28 heavy (non-hydrogen) atoms. The second kappa shape index (κ2) is 10.4. The van der Waals surface area contributed by atoms with E-state index >= 15 is 0 Å². The second-order valence-electron chi connectivity index (χ2n) is 6.44. The number of carbonyl (C=O) groups excluding carboxylic acids is 1. The van der Waals surface area contributed by atoms with Gasteiger partial charge in [0.25, 0.3) is 0 Å². The van der Waals surface area contributed by atoms with E-state index in [0.29, 0.717) is 24.6 Å². The van der Waals surface area contributed by atoms with Gasteiger partial charge in [0.05, 0.1) is 12.3 Å². The number of hydrogen-bond donors (Lipinski definition) is 1. The molecule has 1 aromatic heterocycles. The van der Waals surface area contributed by atoms with Crippen molar-refractivity contribution in [1.29, 1.82) is 0 Å². The number of halogens is 1. The quantitative estimate of drug-likeness (QED) is 0.381. The van der Waals surface area contributed by atoms with Crippen LogP contribution in [0.4, 0.5) is 5.13 Å². The molecule has 1 heterocycles. The average Bonchev–Trinajstić information content (AvgIpc) is 3.15. The Balaban J connectivity index is 1.40. The lowest BCUT2D eigenvalue weighted by Gasteiger charge is -2.07. The van der Waals surface area contributed by atoms with E-state index in [4.69, 9.17) is 4.74 Å². The maximum Gasteiger partial charge on any atom is 0.226 e. The molecule has 0 fully saturated rings. The molecule has 0 spiro atoms. The van der Waals surface area contributed by atoms with Crippen molar-refractivity contribution in [3.05, 3.63) is 63.9 Å². The lowest BCUT2D eigenvalue weighted by atomic mass is 10.1. The van der Waals surface area contributed by atoms with E-state index in [1.54, 1.807) is 0 Å². The zero-order valence-corrected chi connectivity index (χ0v) is 18.2. The molecule has 0 atom stereocenters. The maximum atomic E-state index is 12.1. The molecule has 0 bridgehead atoms. The molecule has 0 aliphatic heterocycles. The predicted octanol–water partition coefficient (Wildman–Crippen LogP) is 6.32. The fourth-order valence-electron chi connectivity index (χ4n) is 2.73. The van der Waals surface area contributed by atoms with E-state index in [-0.39, 0.29) is 5.91 Å². The van der Waals surface area contributed by atoms with Gasteiger partial charge in [0.1, 0.15) is 5.75 Å². The van der Waals surface area contributed by atoms with E-state index in [1.807, 2.05) is 41.8 Å². The number of nitrogens with zero attached hydrogens (tertiary/aromatic N) is 1. The van der Waals surface area contributed by atoms with Crippen LogP contribution >= 0.6 is 27.3 Å². The first-order valence-electron chi connectivity index (χ1n) is 9.37. The Labute approximate surface area is 178 Å². The third kappa shape index (κ3) is 6.17. The minimum Gasteiger partial charge on any atom is -0.494 e. The van der Waals surface area contributed by atoms with Gasteiger partial charge in [-0.15, -0.1) is 11.3 Å². The molecular weight excluding hydrogens is 436 g/mol. The molecule has 4 nitrogen and oxygen atoms in total. The van der Waals surface area contributed by atoms with Gasteiger partial charge in [0.2, 0.25) is 5.91 Å². The average molecular weight is 459 g/mol. The summed E-state index contributed by atoms with van der Waals surface area (Å²) < 4.78 is 6.74. The first-order chi connectivity index (χ1) is 13.6. The largest absolute Gasteiger partial charge is 0.494 e. The van der Waals surface area contributed by atoms with Gasteiger partial charge in [-0.3, -0.25) is 4.79 Å². The number of aryl methyl sites for hydroxylation is 1. The number of anilines is 1. The molecule has 0 unspecified atom stereocenters. The molecule has 3 aromatic rings. The summed E-state index contributed by atoms with van der Waals surface area (Å²) >= 11 is 4.86. The van der Waals surface area contributed by atoms with Gasteiger partial charge in [-0.25, -0.2) is 4.98 Å². The van der Waals surface area contributed by atoms with Crippen molar-refractivity contribution in [2.45, 2.75) is 32.6 Å². The maximum absolute atomic E-state index is 12.1. The normalized spacial score (nSPS) is 10.6. The van der Waals surface area contributed by atoms with Gasteiger partial charge in [-0.2, -0.15) is 0 Å². The molecule has 0 aliphatic carbocycles. The zero-order valence-electron chi connectivity index (χ0n) is 15.8. The number of thiazole rings is 1. The molecular formula is C22H23BrN2O2S. The fraction of sp³-hybridized carbons (Fsp3) is 0.273. The summed E-state index contributed by atoms with van der Waals surface area (Å²) in [5.74, 6) is 0.804. The molecule has 1 N–H and O–H groups in total. The Morgan fingerprint density at radius 3 is 2.61 bits per heavy atom. The smallest absolute Gasteiger partial charge is 0.226 e. The number of amides is 1. The molecule has 0 saturated carbocycles. The Hall–Kier alpha value is -2.18. The van der Waals surface area contributed by atoms with Gasteiger partial charge >= 0.3 is 0 Å². The summed E-state index contributed by atoms with van der Waals surface area (Å²) in [5, 5.41) is 5.44. The van der Waals surface area contributed by atoms with Crippen molar-refractivity contribution in [2.24, 2.45) is 0 Å². The summed E-state index contributed by atoms with van der Waals surface area (Å²) in [7, 11) is 0. The van der Waals surface area contributed by atoms with Crippen LogP contribution in [-0.4, -0.2) is 17.5 Å². The zero-order chi connectivity index (χ0) is 19.8. The van der Waals surface area contributed by atoms with E-state index in [9.17, 15) is 4.79 Å². The van der Waals surface area contributed by atoms with E-state index in [1.165, 1.54) is 16.9 Å². The van der Waals surface area contributed by atoms with Gasteiger partial charge in [-0.1, -0.05) is 53.5 Å². The van der Waals surface area contributed by atoms with Gasteiger partial charge in [-0.05, 0) is 42.7 Å². The molecule has 2 aromatic carbocycles. The summed E-state index contributed by atoms with van der Waals surface area (Å²) in [5.41, 5.74) is 3.21. The molecule has 0 saturated heterocycles. The minimum absolute atomic E-state index is 0.0430. The van der Waals surface area contributed by atoms with Crippen molar-refractivity contribution < 1.29 is 9.53 Å². The highest BCUT2D eigenvalue weighted by atomic mass is 79.9. The standard InChI is InChI=1S/C22H23BrN2O2S/c1-2-4-16-6-12-19(13-7-16)27-14-3-5-21(26)25-22-24-20(15-28-22)17-8-10-18(23)11-9-17/h6-13,15H,2-5,14H2,1H3,(H,24,25,26). The number of ether oxygens (including phenoxy) is 1. The lowest BCUT2D eigenvalue weighted by Crippen LogP contribution is -2.12. The van der Waals surface area contributed by atoms with Gasteiger partial charge in [0.15, 0.2) is 5.13 Å². The number of nitrogens with one attached hydrogen (secondary N) is 1. The third-order valence-corrected chi connectivity index (χ3v) is 5.46. The Morgan fingerprint density at radius 2 is 1.89 bits per heavy atom. The fourth-order valence-corrected chi connectivity index (χ4v) is 3.73. The van der Waals surface area contributed by atoms with Crippen LogP contribution in [0, 0.1) is 0 Å². The number of rotatable bonds is 9. The van der Waals surface area contributed by atoms with Crippen LogP contribution in [0.1, 0.15) is 31.7 Å². The van der Waals surface area contributed by atoms with Crippen LogP contribution < -0.4 is 10.1 Å². The molecule has 0 aliphatic rings. The summed E-state index contributed by atoms with van der Waals surface area (Å²) in [6, 6.07) is 16.1. The van der Waals surface area contributed by atoms with E-state index < -0.39 is 0 Å².